The van der Waals surface area contributed by atoms with E-state index in [1.165, 1.54) is 40.7 Å². The summed E-state index contributed by atoms with van der Waals surface area (Å²) < 4.78 is 43.8. The van der Waals surface area contributed by atoms with Gasteiger partial charge in [-0.2, -0.15) is 9.41 Å². The number of hydrogen-bond donors (Lipinski definition) is 1. The van der Waals surface area contributed by atoms with Crippen LogP contribution in [0.2, 0.25) is 5.02 Å². The van der Waals surface area contributed by atoms with Crippen molar-refractivity contribution in [1.82, 2.24) is 19.3 Å². The maximum Gasteiger partial charge on any atom is 0.271 e. The van der Waals surface area contributed by atoms with Crippen LogP contribution < -0.4 is 5.43 Å². The van der Waals surface area contributed by atoms with Crippen LogP contribution in [-0.4, -0.2) is 33.9 Å². The predicted octanol–water partition coefficient (Wildman–Crippen LogP) is 6.21. The molecule has 218 valence electrons. The van der Waals surface area contributed by atoms with Gasteiger partial charge in [0.15, 0.2) is 0 Å². The standard InChI is InChI=1S/C32H27ClFN5O3S/c1-23(26-8-14-30(15-9-26)38-19-18-35-22-38)36-37-32(40)27-6-2-24(3-7-27)20-39(21-25-4-12-29(34)13-5-25)43(41,42)31-16-10-28(33)11-17-31/h2-19,22H,20-21H2,1H3,(H,37,40)/b36-23+. The number of sulfonamides is 1. The summed E-state index contributed by atoms with van der Waals surface area (Å²) in [5, 5.41) is 4.65. The molecule has 8 nitrogen and oxygen atoms in total. The van der Waals surface area contributed by atoms with Crippen molar-refractivity contribution in [3.8, 4) is 5.69 Å². The molecule has 0 aliphatic carbocycles. The third-order valence-electron chi connectivity index (χ3n) is 6.71. The molecule has 0 atom stereocenters. The summed E-state index contributed by atoms with van der Waals surface area (Å²) >= 11 is 5.96. The Bertz CT molecular complexity index is 1830. The SMILES string of the molecule is C/C(=N\NC(=O)c1ccc(CN(Cc2ccc(F)cc2)S(=O)(=O)c2ccc(Cl)cc2)cc1)c1ccc(-n2ccnc2)cc1. The van der Waals surface area contributed by atoms with Crippen molar-refractivity contribution < 1.29 is 17.6 Å². The van der Waals surface area contributed by atoms with Crippen LogP contribution in [0.4, 0.5) is 4.39 Å². The number of amides is 1. The van der Waals surface area contributed by atoms with E-state index in [1.807, 2.05) is 35.0 Å². The Labute approximate surface area is 254 Å². The second kappa shape index (κ2) is 13.1. The first-order valence-corrected chi connectivity index (χ1v) is 15.0. The largest absolute Gasteiger partial charge is 0.306 e. The summed E-state index contributed by atoms with van der Waals surface area (Å²) in [5.74, 6) is -0.814. The first-order chi connectivity index (χ1) is 20.7. The van der Waals surface area contributed by atoms with E-state index >= 15 is 0 Å². The third-order valence-corrected chi connectivity index (χ3v) is 8.77. The summed E-state index contributed by atoms with van der Waals surface area (Å²) in [6, 6.07) is 25.9. The molecule has 4 aromatic carbocycles. The minimum atomic E-state index is -3.93. The number of hydrazone groups is 1. The van der Waals surface area contributed by atoms with Crippen LogP contribution in [0.25, 0.3) is 5.69 Å². The highest BCUT2D eigenvalue weighted by atomic mass is 35.5. The molecule has 1 aromatic heterocycles. The Hall–Kier alpha value is -4.64. The topological polar surface area (TPSA) is 96.7 Å². The zero-order valence-electron chi connectivity index (χ0n) is 23.1. The molecule has 11 heteroatoms. The minimum Gasteiger partial charge on any atom is -0.306 e. The molecule has 0 saturated heterocycles. The van der Waals surface area contributed by atoms with Crippen molar-refractivity contribution in [3.63, 3.8) is 0 Å². The molecular formula is C32H27ClFN5O3S. The van der Waals surface area contributed by atoms with Crippen LogP contribution in [-0.2, 0) is 23.1 Å². The lowest BCUT2D eigenvalue weighted by Crippen LogP contribution is -2.30. The molecule has 0 fully saturated rings. The summed E-state index contributed by atoms with van der Waals surface area (Å²) in [6.07, 6.45) is 5.27. The normalized spacial score (nSPS) is 12.0. The van der Waals surface area contributed by atoms with Crippen LogP contribution in [0.1, 0.15) is 34.0 Å². The molecule has 5 aromatic rings. The number of benzene rings is 4. The fourth-order valence-corrected chi connectivity index (χ4v) is 5.83. The molecule has 0 radical (unpaired) electrons. The van der Waals surface area contributed by atoms with Crippen molar-refractivity contribution in [1.29, 1.82) is 0 Å². The maximum absolute atomic E-state index is 13.6. The molecule has 1 N–H and O–H groups in total. The quantitative estimate of drug-likeness (QED) is 0.149. The van der Waals surface area contributed by atoms with Gasteiger partial charge < -0.3 is 4.57 Å². The fraction of sp³-hybridized carbons (Fsp3) is 0.0938. The van der Waals surface area contributed by atoms with Gasteiger partial charge in [-0.3, -0.25) is 4.79 Å². The third kappa shape index (κ3) is 7.42. The van der Waals surface area contributed by atoms with Gasteiger partial charge in [0.1, 0.15) is 5.82 Å². The monoisotopic (exact) mass is 615 g/mol. The van der Waals surface area contributed by atoms with Crippen LogP contribution in [0.3, 0.4) is 0 Å². The van der Waals surface area contributed by atoms with Crippen LogP contribution in [0, 0.1) is 5.82 Å². The summed E-state index contributed by atoms with van der Waals surface area (Å²) in [4.78, 5) is 16.9. The molecular weight excluding hydrogens is 589 g/mol. The highest BCUT2D eigenvalue weighted by Crippen LogP contribution is 2.23. The minimum absolute atomic E-state index is 0.0186. The molecule has 0 bridgehead atoms. The molecule has 0 aliphatic rings. The van der Waals surface area contributed by atoms with Gasteiger partial charge >= 0.3 is 0 Å². The number of hydrogen-bond acceptors (Lipinski definition) is 5. The molecule has 1 amide bonds. The number of aromatic nitrogens is 2. The lowest BCUT2D eigenvalue weighted by molar-refractivity contribution is 0.0954. The van der Waals surface area contributed by atoms with E-state index < -0.39 is 21.7 Å². The van der Waals surface area contributed by atoms with Gasteiger partial charge in [-0.15, -0.1) is 0 Å². The lowest BCUT2D eigenvalue weighted by atomic mass is 10.1. The van der Waals surface area contributed by atoms with Gasteiger partial charge in [-0.05, 0) is 84.3 Å². The Morgan fingerprint density at radius 2 is 1.47 bits per heavy atom. The average molecular weight is 616 g/mol. The van der Waals surface area contributed by atoms with E-state index in [4.69, 9.17) is 11.6 Å². The molecule has 0 spiro atoms. The smallest absolute Gasteiger partial charge is 0.271 e. The van der Waals surface area contributed by atoms with Crippen LogP contribution in [0.15, 0.2) is 126 Å². The average Bonchev–Trinajstić information content (AvgIpc) is 3.56. The second-order valence-electron chi connectivity index (χ2n) is 9.71. The number of carbonyl (C=O) groups excluding carboxylic acids is 1. The van der Waals surface area contributed by atoms with E-state index in [9.17, 15) is 17.6 Å². The summed E-state index contributed by atoms with van der Waals surface area (Å²) in [7, 11) is -3.93. The zero-order chi connectivity index (χ0) is 30.4. The summed E-state index contributed by atoms with van der Waals surface area (Å²) in [6.45, 7) is 1.84. The molecule has 1 heterocycles. The van der Waals surface area contributed by atoms with Gasteiger partial charge in [0.2, 0.25) is 10.0 Å². The Kier molecular flexibility index (Phi) is 9.10. The van der Waals surface area contributed by atoms with E-state index in [1.54, 1.807) is 55.8 Å². The highest BCUT2D eigenvalue weighted by Gasteiger charge is 2.25. The lowest BCUT2D eigenvalue weighted by Gasteiger charge is -2.23. The van der Waals surface area contributed by atoms with Gasteiger partial charge in [0.25, 0.3) is 5.91 Å². The summed E-state index contributed by atoms with van der Waals surface area (Å²) in [5.41, 5.74) is 6.66. The van der Waals surface area contributed by atoms with E-state index in [-0.39, 0.29) is 18.0 Å². The van der Waals surface area contributed by atoms with Crippen molar-refractivity contribution in [2.24, 2.45) is 5.10 Å². The number of nitrogens with one attached hydrogen (secondary N) is 1. The van der Waals surface area contributed by atoms with Crippen LogP contribution in [0.5, 0.6) is 0 Å². The zero-order valence-corrected chi connectivity index (χ0v) is 24.6. The fourth-order valence-electron chi connectivity index (χ4n) is 4.29. The van der Waals surface area contributed by atoms with Crippen molar-refractivity contribution in [3.05, 3.63) is 149 Å². The number of imidazole rings is 1. The van der Waals surface area contributed by atoms with Crippen molar-refractivity contribution in [2.75, 3.05) is 0 Å². The number of rotatable bonds is 10. The number of nitrogens with zero attached hydrogens (tertiary/aromatic N) is 4. The van der Waals surface area contributed by atoms with E-state index in [2.05, 4.69) is 15.5 Å². The molecule has 0 saturated carbocycles. The van der Waals surface area contributed by atoms with Gasteiger partial charge in [0.05, 0.1) is 16.9 Å². The predicted molar refractivity (Wildman–Crippen MR) is 164 cm³/mol. The Morgan fingerprint density at radius 1 is 0.884 bits per heavy atom. The van der Waals surface area contributed by atoms with Crippen molar-refractivity contribution >= 4 is 33.2 Å². The van der Waals surface area contributed by atoms with Crippen molar-refractivity contribution in [2.45, 2.75) is 24.9 Å². The molecule has 0 aliphatic heterocycles. The number of carbonyl (C=O) groups is 1. The van der Waals surface area contributed by atoms with E-state index in [0.717, 1.165) is 11.3 Å². The molecule has 5 rings (SSSR count). The van der Waals surface area contributed by atoms with Crippen LogP contribution >= 0.6 is 11.6 Å². The molecule has 43 heavy (non-hydrogen) atoms. The second-order valence-corrected chi connectivity index (χ2v) is 12.1. The highest BCUT2D eigenvalue weighted by molar-refractivity contribution is 7.89. The van der Waals surface area contributed by atoms with Gasteiger partial charge in [-0.25, -0.2) is 23.2 Å². The first kappa shape index (κ1) is 29.8. The van der Waals surface area contributed by atoms with Gasteiger partial charge in [-0.1, -0.05) is 48.0 Å². The maximum atomic E-state index is 13.6. The Morgan fingerprint density at radius 3 is 2.05 bits per heavy atom. The first-order valence-electron chi connectivity index (χ1n) is 13.2. The molecule has 0 unspecified atom stereocenters. The number of halogens is 2. The van der Waals surface area contributed by atoms with Gasteiger partial charge in [0, 0.05) is 41.8 Å². The van der Waals surface area contributed by atoms with E-state index in [0.29, 0.717) is 27.4 Å². The Balaban J connectivity index is 1.28.